The molecule has 1 N–H and O–H groups in total. The molecule has 3 rings (SSSR count). The Morgan fingerprint density at radius 1 is 1.12 bits per heavy atom. The third kappa shape index (κ3) is 2.94. The lowest BCUT2D eigenvalue weighted by Gasteiger charge is -2.27. The fourth-order valence-corrected chi connectivity index (χ4v) is 3.27. The number of halogens is 3. The first kappa shape index (κ1) is 17.3. The van der Waals surface area contributed by atoms with Gasteiger partial charge in [-0.3, -0.25) is 9.59 Å². The second-order valence-electron chi connectivity index (χ2n) is 6.27. The van der Waals surface area contributed by atoms with Gasteiger partial charge in [0.15, 0.2) is 5.41 Å². The number of alkyl halides is 3. The van der Waals surface area contributed by atoms with Crippen LogP contribution in [0.4, 0.5) is 13.2 Å². The molecule has 1 aliphatic heterocycles. The predicted molar refractivity (Wildman–Crippen MR) is 85.0 cm³/mol. The maximum Gasteiger partial charge on any atom is 0.406 e. The lowest BCUT2D eigenvalue weighted by atomic mass is 9.86. The Bertz CT molecular complexity index is 828. The molecule has 2 aromatic rings. The average Bonchev–Trinajstić information content (AvgIpc) is 3.02. The highest BCUT2D eigenvalue weighted by molar-refractivity contribution is 5.90. The Morgan fingerprint density at radius 2 is 1.80 bits per heavy atom. The highest BCUT2D eigenvalue weighted by Crippen LogP contribution is 2.45. The molecule has 4 nitrogen and oxygen atoms in total. The smallest absolute Gasteiger partial charge is 0.406 e. The molecule has 25 heavy (non-hydrogen) atoms. The largest absolute Gasteiger partial charge is 0.481 e. The number of benzene rings is 2. The first-order valence-electron chi connectivity index (χ1n) is 7.79. The number of fused-ring (bicyclic) bond motifs is 1. The molecular formula is C18H16F3NO3. The maximum atomic E-state index is 13.2. The number of nitrogens with zero attached hydrogens (tertiary/aromatic N) is 1. The summed E-state index contributed by atoms with van der Waals surface area (Å²) < 4.78 is 39.7. The van der Waals surface area contributed by atoms with E-state index >= 15 is 0 Å². The summed E-state index contributed by atoms with van der Waals surface area (Å²) >= 11 is 0. The molecule has 0 aliphatic carbocycles. The molecule has 1 atom stereocenters. The van der Waals surface area contributed by atoms with E-state index in [1.54, 1.807) is 12.1 Å². The van der Waals surface area contributed by atoms with Crippen molar-refractivity contribution in [3.63, 3.8) is 0 Å². The minimum atomic E-state index is -4.90. The van der Waals surface area contributed by atoms with Crippen LogP contribution in [0.3, 0.4) is 0 Å². The van der Waals surface area contributed by atoms with Crippen LogP contribution in [0.1, 0.15) is 12.0 Å². The summed E-state index contributed by atoms with van der Waals surface area (Å²) in [6, 6.07) is 12.8. The predicted octanol–water partition coefficient (Wildman–Crippen LogP) is 3.25. The Labute approximate surface area is 141 Å². The second kappa shape index (κ2) is 6.06. The number of likely N-dealkylation sites (tertiary alicyclic amines) is 1. The van der Waals surface area contributed by atoms with Crippen LogP contribution < -0.4 is 0 Å². The summed E-state index contributed by atoms with van der Waals surface area (Å²) in [4.78, 5) is 24.7. The average molecular weight is 351 g/mol. The standard InChI is InChI=1S/C18H16F3NO3/c19-18(20,21)17(16(24)25)8-9-22(11-17)15(23)10-13-6-3-5-12-4-1-2-7-14(12)13/h1-7H,8-11H2,(H,24,25). The molecule has 1 fully saturated rings. The van der Waals surface area contributed by atoms with Gasteiger partial charge in [-0.2, -0.15) is 13.2 Å². The minimum absolute atomic E-state index is 0.0606. The van der Waals surface area contributed by atoms with Crippen molar-refractivity contribution in [3.05, 3.63) is 48.0 Å². The summed E-state index contributed by atoms with van der Waals surface area (Å²) in [6.07, 6.45) is -5.57. The SMILES string of the molecule is O=C(Cc1cccc2ccccc12)N1CCC(C(=O)O)(C(F)(F)F)C1. The highest BCUT2D eigenvalue weighted by atomic mass is 19.4. The van der Waals surface area contributed by atoms with E-state index in [9.17, 15) is 22.8 Å². The first-order valence-corrected chi connectivity index (χ1v) is 7.79. The highest BCUT2D eigenvalue weighted by Gasteiger charge is 2.64. The third-order valence-electron chi connectivity index (χ3n) is 4.80. The Kier molecular flexibility index (Phi) is 4.18. The molecule has 0 aromatic heterocycles. The van der Waals surface area contributed by atoms with E-state index in [0.717, 1.165) is 15.7 Å². The molecule has 0 spiro atoms. The van der Waals surface area contributed by atoms with Gasteiger partial charge in [-0.1, -0.05) is 42.5 Å². The summed E-state index contributed by atoms with van der Waals surface area (Å²) in [7, 11) is 0. The van der Waals surface area contributed by atoms with Crippen LogP contribution in [0.25, 0.3) is 10.8 Å². The summed E-state index contributed by atoms with van der Waals surface area (Å²) in [5.74, 6) is -2.43. The van der Waals surface area contributed by atoms with Gasteiger partial charge in [0.05, 0.1) is 6.42 Å². The van der Waals surface area contributed by atoms with Gasteiger partial charge in [-0.25, -0.2) is 0 Å². The number of hydrogen-bond acceptors (Lipinski definition) is 2. The van der Waals surface area contributed by atoms with Crippen molar-refractivity contribution in [2.24, 2.45) is 5.41 Å². The van der Waals surface area contributed by atoms with Crippen molar-refractivity contribution in [2.45, 2.75) is 19.0 Å². The van der Waals surface area contributed by atoms with E-state index in [4.69, 9.17) is 5.11 Å². The van der Waals surface area contributed by atoms with Crippen LogP contribution >= 0.6 is 0 Å². The number of carbonyl (C=O) groups excluding carboxylic acids is 1. The van der Waals surface area contributed by atoms with Gasteiger partial charge in [-0.05, 0) is 22.8 Å². The van der Waals surface area contributed by atoms with Crippen molar-refractivity contribution >= 4 is 22.6 Å². The van der Waals surface area contributed by atoms with Gasteiger partial charge in [0, 0.05) is 13.1 Å². The number of rotatable bonds is 3. The van der Waals surface area contributed by atoms with Crippen LogP contribution in [0.15, 0.2) is 42.5 Å². The Balaban J connectivity index is 1.82. The van der Waals surface area contributed by atoms with Crippen LogP contribution in [0.2, 0.25) is 0 Å². The molecule has 132 valence electrons. The number of carboxylic acid groups (broad SMARTS) is 1. The van der Waals surface area contributed by atoms with Gasteiger partial charge in [-0.15, -0.1) is 0 Å². The number of hydrogen-bond donors (Lipinski definition) is 1. The Hall–Kier alpha value is -2.57. The van der Waals surface area contributed by atoms with Crippen molar-refractivity contribution in [3.8, 4) is 0 Å². The van der Waals surface area contributed by atoms with Gasteiger partial charge in [0.1, 0.15) is 0 Å². The van der Waals surface area contributed by atoms with E-state index in [2.05, 4.69) is 0 Å². The first-order chi connectivity index (χ1) is 11.7. The topological polar surface area (TPSA) is 57.6 Å². The number of carboxylic acids is 1. The molecule has 1 heterocycles. The van der Waals surface area contributed by atoms with Crippen molar-refractivity contribution < 1.29 is 27.9 Å². The van der Waals surface area contributed by atoms with Gasteiger partial charge in [0.25, 0.3) is 0 Å². The molecule has 1 amide bonds. The van der Waals surface area contributed by atoms with E-state index in [0.29, 0.717) is 5.56 Å². The lowest BCUT2D eigenvalue weighted by molar-refractivity contribution is -0.227. The number of carbonyl (C=O) groups is 2. The fourth-order valence-electron chi connectivity index (χ4n) is 3.27. The van der Waals surface area contributed by atoms with Crippen LogP contribution in [0, 0.1) is 5.41 Å². The van der Waals surface area contributed by atoms with Crippen molar-refractivity contribution in [1.82, 2.24) is 4.90 Å². The second-order valence-corrected chi connectivity index (χ2v) is 6.27. The van der Waals surface area contributed by atoms with Crippen LogP contribution in [-0.2, 0) is 16.0 Å². The number of aliphatic carboxylic acids is 1. The van der Waals surface area contributed by atoms with Crippen molar-refractivity contribution in [1.29, 1.82) is 0 Å². The third-order valence-corrected chi connectivity index (χ3v) is 4.80. The molecule has 0 radical (unpaired) electrons. The minimum Gasteiger partial charge on any atom is -0.481 e. The van der Waals surface area contributed by atoms with Crippen LogP contribution in [0.5, 0.6) is 0 Å². The van der Waals surface area contributed by atoms with E-state index in [1.807, 2.05) is 30.3 Å². The van der Waals surface area contributed by atoms with Gasteiger partial charge in [0.2, 0.25) is 5.91 Å². The molecule has 2 aromatic carbocycles. The molecule has 0 saturated carbocycles. The summed E-state index contributed by atoms with van der Waals surface area (Å²) in [5.41, 5.74) is -2.16. The maximum absolute atomic E-state index is 13.2. The van der Waals surface area contributed by atoms with E-state index in [-0.39, 0.29) is 13.0 Å². The number of amides is 1. The normalized spacial score (nSPS) is 20.8. The van der Waals surface area contributed by atoms with E-state index in [1.165, 1.54) is 0 Å². The molecule has 1 saturated heterocycles. The zero-order valence-electron chi connectivity index (χ0n) is 13.2. The zero-order chi connectivity index (χ0) is 18.2. The van der Waals surface area contributed by atoms with Crippen molar-refractivity contribution in [2.75, 3.05) is 13.1 Å². The monoisotopic (exact) mass is 351 g/mol. The zero-order valence-corrected chi connectivity index (χ0v) is 13.2. The summed E-state index contributed by atoms with van der Waals surface area (Å²) in [5, 5.41) is 10.9. The van der Waals surface area contributed by atoms with Gasteiger partial charge < -0.3 is 10.0 Å². The molecule has 7 heteroatoms. The molecule has 1 aliphatic rings. The quantitative estimate of drug-likeness (QED) is 0.924. The fraction of sp³-hybridized carbons (Fsp3) is 0.333. The Morgan fingerprint density at radius 3 is 2.44 bits per heavy atom. The molecule has 1 unspecified atom stereocenters. The lowest BCUT2D eigenvalue weighted by Crippen LogP contribution is -2.47. The van der Waals surface area contributed by atoms with Gasteiger partial charge >= 0.3 is 12.1 Å². The molecule has 0 bridgehead atoms. The molecular weight excluding hydrogens is 335 g/mol. The summed E-state index contributed by atoms with van der Waals surface area (Å²) in [6.45, 7) is -1.05. The van der Waals surface area contributed by atoms with Crippen LogP contribution in [-0.4, -0.2) is 41.1 Å². The van der Waals surface area contributed by atoms with E-state index < -0.39 is 36.4 Å².